The summed E-state index contributed by atoms with van der Waals surface area (Å²) in [6, 6.07) is -0.921. The third kappa shape index (κ3) is 61.7. The van der Waals surface area contributed by atoms with E-state index in [1.807, 2.05) is 27.2 Å². The molecule has 0 aliphatic heterocycles. The lowest BCUT2D eigenvalue weighted by atomic mass is 10.1. The van der Waals surface area contributed by atoms with Gasteiger partial charge >= 0.3 is 0 Å². The molecule has 0 radical (unpaired) electrons. The fraction of sp³-hybridized carbons (Fsp3) is 0.620. The number of hydrogen-bond acceptors (Lipinski definition) is 6. The molecule has 0 aromatic carbocycles. The van der Waals surface area contributed by atoms with Gasteiger partial charge in [-0.05, 0) is 116 Å². The van der Waals surface area contributed by atoms with E-state index in [2.05, 4.69) is 165 Å². The second kappa shape index (κ2) is 59.7. The monoisotopic (exact) mass is 1130 g/mol. The summed E-state index contributed by atoms with van der Waals surface area (Å²) in [6.07, 6.45) is 93.4. The quantitative estimate of drug-likeness (QED) is 0.0272. The van der Waals surface area contributed by atoms with Gasteiger partial charge in [0, 0.05) is 6.42 Å². The number of rotatable bonds is 56. The molecule has 0 heterocycles. The van der Waals surface area contributed by atoms with Crippen molar-refractivity contribution in [1.29, 1.82) is 0 Å². The number of nitrogens with one attached hydrogen (secondary N) is 1. The number of carbonyl (C=O) groups excluding carboxylic acids is 1. The number of aliphatic hydroxyl groups is 1. The first-order valence-corrected chi connectivity index (χ1v) is 33.3. The van der Waals surface area contributed by atoms with Crippen LogP contribution in [0.4, 0.5) is 0 Å². The normalized spacial score (nSPS) is 14.8. The van der Waals surface area contributed by atoms with E-state index in [1.165, 1.54) is 89.9 Å². The molecular formula is C71H119N2O6P. The van der Waals surface area contributed by atoms with Crippen LogP contribution < -0.4 is 10.2 Å². The van der Waals surface area contributed by atoms with Gasteiger partial charge in [-0.3, -0.25) is 9.36 Å². The molecular weight excluding hydrogens is 1010 g/mol. The Balaban J connectivity index is 4.19. The number of carbonyl (C=O) groups is 1. The van der Waals surface area contributed by atoms with Crippen LogP contribution in [0.5, 0.6) is 0 Å². The first-order chi connectivity index (χ1) is 39.0. The van der Waals surface area contributed by atoms with Crippen molar-refractivity contribution in [2.75, 3.05) is 40.9 Å². The Morgan fingerprint density at radius 2 is 0.775 bits per heavy atom. The lowest BCUT2D eigenvalue weighted by Gasteiger charge is -2.29. The molecule has 0 aromatic rings. The van der Waals surface area contributed by atoms with Crippen molar-refractivity contribution in [1.82, 2.24) is 5.32 Å². The number of quaternary nitrogens is 1. The maximum absolute atomic E-state index is 13.0. The number of phosphoric acid groups is 1. The summed E-state index contributed by atoms with van der Waals surface area (Å²) in [5.41, 5.74) is 0. The van der Waals surface area contributed by atoms with Crippen LogP contribution in [-0.4, -0.2) is 68.5 Å². The van der Waals surface area contributed by atoms with Crippen LogP contribution in [0.15, 0.2) is 158 Å². The molecule has 454 valence electrons. The molecule has 8 nitrogen and oxygen atoms in total. The summed E-state index contributed by atoms with van der Waals surface area (Å²) < 4.78 is 23.3. The molecule has 0 rings (SSSR count). The Hall–Kier alpha value is -3.88. The van der Waals surface area contributed by atoms with Gasteiger partial charge in [-0.1, -0.05) is 268 Å². The summed E-state index contributed by atoms with van der Waals surface area (Å²) in [4.78, 5) is 25.5. The fourth-order valence-corrected chi connectivity index (χ4v) is 9.01. The average Bonchev–Trinajstić information content (AvgIpc) is 3.42. The van der Waals surface area contributed by atoms with Crippen molar-refractivity contribution >= 4 is 13.7 Å². The Morgan fingerprint density at radius 1 is 0.450 bits per heavy atom. The van der Waals surface area contributed by atoms with Crippen LogP contribution >= 0.6 is 7.82 Å². The first kappa shape index (κ1) is 76.1. The van der Waals surface area contributed by atoms with Crippen molar-refractivity contribution in [2.45, 2.75) is 244 Å². The third-order valence-corrected chi connectivity index (χ3v) is 14.2. The molecule has 1 amide bonds. The lowest BCUT2D eigenvalue weighted by Crippen LogP contribution is -2.45. The van der Waals surface area contributed by atoms with Gasteiger partial charge in [-0.25, -0.2) is 0 Å². The largest absolute Gasteiger partial charge is 0.756 e. The van der Waals surface area contributed by atoms with Gasteiger partial charge in [0.05, 0.1) is 39.9 Å². The van der Waals surface area contributed by atoms with Crippen molar-refractivity contribution < 1.29 is 32.9 Å². The highest BCUT2D eigenvalue weighted by atomic mass is 31.2. The van der Waals surface area contributed by atoms with E-state index >= 15 is 0 Å². The van der Waals surface area contributed by atoms with Crippen LogP contribution in [0.2, 0.25) is 0 Å². The molecule has 0 saturated heterocycles. The molecule has 3 unspecified atom stereocenters. The minimum Gasteiger partial charge on any atom is -0.756 e. The molecule has 80 heavy (non-hydrogen) atoms. The predicted molar refractivity (Wildman–Crippen MR) is 347 cm³/mol. The number of likely N-dealkylation sites (N-methyl/N-ethyl adjacent to an activating group) is 1. The summed E-state index contributed by atoms with van der Waals surface area (Å²) in [5, 5.41) is 13.9. The molecule has 0 aliphatic carbocycles. The van der Waals surface area contributed by atoms with Crippen molar-refractivity contribution in [3.05, 3.63) is 158 Å². The van der Waals surface area contributed by atoms with Crippen LogP contribution in [0.3, 0.4) is 0 Å². The van der Waals surface area contributed by atoms with Gasteiger partial charge in [0.2, 0.25) is 5.91 Å². The van der Waals surface area contributed by atoms with E-state index in [-0.39, 0.29) is 12.5 Å². The number of allylic oxidation sites excluding steroid dienone is 25. The maximum atomic E-state index is 13.0. The minimum absolute atomic E-state index is 0.0165. The molecule has 0 aliphatic rings. The Kier molecular flexibility index (Phi) is 56.8. The predicted octanol–water partition coefficient (Wildman–Crippen LogP) is 19.6. The van der Waals surface area contributed by atoms with Gasteiger partial charge in [0.15, 0.2) is 0 Å². The van der Waals surface area contributed by atoms with Crippen molar-refractivity contribution in [3.8, 4) is 0 Å². The number of hydrogen-bond donors (Lipinski definition) is 2. The van der Waals surface area contributed by atoms with Gasteiger partial charge in [-0.2, -0.15) is 0 Å². The molecule has 3 atom stereocenters. The summed E-state index contributed by atoms with van der Waals surface area (Å²) in [7, 11) is 1.21. The van der Waals surface area contributed by atoms with E-state index in [1.54, 1.807) is 6.08 Å². The molecule has 0 saturated carbocycles. The van der Waals surface area contributed by atoms with Crippen LogP contribution in [-0.2, 0) is 18.4 Å². The number of aliphatic hydroxyl groups excluding tert-OH is 1. The van der Waals surface area contributed by atoms with Crippen molar-refractivity contribution in [3.63, 3.8) is 0 Å². The van der Waals surface area contributed by atoms with Gasteiger partial charge in [0.25, 0.3) is 7.82 Å². The average molecular weight is 1130 g/mol. The number of amides is 1. The van der Waals surface area contributed by atoms with Gasteiger partial charge in [0.1, 0.15) is 13.2 Å². The van der Waals surface area contributed by atoms with Crippen molar-refractivity contribution in [2.24, 2.45) is 0 Å². The second-order valence-corrected chi connectivity index (χ2v) is 23.4. The SMILES string of the molecule is CC/C=C\C/C=C\C/C=C\C/C=C\C/C=C\C/C=C\C/C=C\C/C=C\C/C=C\C/C=C\C/C=C\CCCCCCCCCC(=O)NC(COP(=O)([O-])OCC[N+](C)(C)C)C(O)/C=C/CC/C=C/CCCCCCCCCCCCC. The topological polar surface area (TPSA) is 108 Å². The van der Waals surface area contributed by atoms with Crippen LogP contribution in [0.1, 0.15) is 232 Å². The number of phosphoric ester groups is 1. The van der Waals surface area contributed by atoms with E-state index < -0.39 is 26.6 Å². The zero-order valence-electron chi connectivity index (χ0n) is 51.7. The number of nitrogens with zero attached hydrogens (tertiary/aromatic N) is 1. The Morgan fingerprint density at radius 3 is 1.16 bits per heavy atom. The summed E-state index contributed by atoms with van der Waals surface area (Å²) in [6.45, 7) is 4.49. The summed E-state index contributed by atoms with van der Waals surface area (Å²) >= 11 is 0. The zero-order valence-corrected chi connectivity index (χ0v) is 52.6. The number of unbranched alkanes of at least 4 members (excludes halogenated alkanes) is 19. The van der Waals surface area contributed by atoms with E-state index in [0.29, 0.717) is 17.4 Å². The highest BCUT2D eigenvalue weighted by Crippen LogP contribution is 2.38. The third-order valence-electron chi connectivity index (χ3n) is 13.2. The van der Waals surface area contributed by atoms with Crippen LogP contribution in [0, 0.1) is 0 Å². The smallest absolute Gasteiger partial charge is 0.268 e. The molecule has 0 aromatic heterocycles. The molecule has 0 fully saturated rings. The van der Waals surface area contributed by atoms with Gasteiger partial charge < -0.3 is 28.8 Å². The van der Waals surface area contributed by atoms with Crippen LogP contribution in [0.25, 0.3) is 0 Å². The highest BCUT2D eigenvalue weighted by molar-refractivity contribution is 7.45. The van der Waals surface area contributed by atoms with E-state index in [9.17, 15) is 19.4 Å². The van der Waals surface area contributed by atoms with E-state index in [4.69, 9.17) is 9.05 Å². The fourth-order valence-electron chi connectivity index (χ4n) is 8.29. The highest BCUT2D eigenvalue weighted by Gasteiger charge is 2.23. The Bertz CT molecular complexity index is 1860. The summed E-state index contributed by atoms with van der Waals surface area (Å²) in [5.74, 6) is -0.225. The maximum Gasteiger partial charge on any atom is 0.268 e. The first-order valence-electron chi connectivity index (χ1n) is 31.8. The standard InChI is InChI=1S/C71H119N2O6P/c1-6-8-10-12-14-16-18-20-22-24-25-26-27-28-29-30-31-32-33-34-35-36-37-38-39-40-41-42-43-44-45-46-47-49-51-53-55-57-59-61-63-65-71(75)72-69(68-79-80(76,77)78-67-66-73(3,4)5)70(74)64-62-60-58-56-54-52-50-48-23-21-19-17-15-13-11-9-7-2/h8,10,14,16,20,22,25-26,28-29,31-32,34-35,37-38,40-41,43-44,46-47,54,56,62,64,69-70,74H,6-7,9,11-13,15,17-19,21,23-24,27,30,33,36,39,42,45,48-53,55,57-61,63,65-68H2,1-5H3,(H-,72,75,76,77)/b10-8-,16-14-,22-20-,26-25-,29-28-,32-31-,35-34-,38-37-,41-40-,44-43-,47-46-,56-54+,64-62+. The Labute approximate surface area is 492 Å². The van der Waals surface area contributed by atoms with E-state index in [0.717, 1.165) is 122 Å². The lowest BCUT2D eigenvalue weighted by molar-refractivity contribution is -0.870. The second-order valence-electron chi connectivity index (χ2n) is 22.0. The molecule has 2 N–H and O–H groups in total. The minimum atomic E-state index is -4.62. The molecule has 9 heteroatoms. The zero-order chi connectivity index (χ0) is 58.4. The molecule has 0 bridgehead atoms. The molecule has 0 spiro atoms. The van der Waals surface area contributed by atoms with Gasteiger partial charge in [-0.15, -0.1) is 0 Å².